The van der Waals surface area contributed by atoms with Gasteiger partial charge in [0.15, 0.2) is 0 Å². The van der Waals surface area contributed by atoms with Gasteiger partial charge in [-0.3, -0.25) is 0 Å². The highest BCUT2D eigenvalue weighted by Crippen LogP contribution is 2.41. The van der Waals surface area contributed by atoms with Crippen LogP contribution in [-0.2, 0) is 16.0 Å². The number of hydrogen-bond acceptors (Lipinski definition) is 3. The van der Waals surface area contributed by atoms with Crippen molar-refractivity contribution in [3.8, 4) is 11.1 Å². The van der Waals surface area contributed by atoms with Crippen molar-refractivity contribution in [1.82, 2.24) is 0 Å². The third-order valence-electron chi connectivity index (χ3n) is 4.56. The number of carbonyl (C=O) groups excluding carboxylic acids is 1. The van der Waals surface area contributed by atoms with Gasteiger partial charge in [0, 0.05) is 10.6 Å². The van der Waals surface area contributed by atoms with Crippen LogP contribution >= 0.6 is 11.6 Å². The summed E-state index contributed by atoms with van der Waals surface area (Å²) in [6, 6.07) is 13.8. The van der Waals surface area contributed by atoms with Crippen LogP contribution in [0.15, 0.2) is 48.2 Å². The van der Waals surface area contributed by atoms with Crippen LogP contribution < -0.4 is 0 Å². The second kappa shape index (κ2) is 6.57. The summed E-state index contributed by atoms with van der Waals surface area (Å²) >= 11 is 6.57. The van der Waals surface area contributed by atoms with Gasteiger partial charge in [-0.25, -0.2) is 4.79 Å². The van der Waals surface area contributed by atoms with Gasteiger partial charge < -0.3 is 9.84 Å². The van der Waals surface area contributed by atoms with E-state index >= 15 is 0 Å². The lowest BCUT2D eigenvalue weighted by molar-refractivity contribution is -0.141. The van der Waals surface area contributed by atoms with Crippen molar-refractivity contribution in [2.24, 2.45) is 5.41 Å². The van der Waals surface area contributed by atoms with Gasteiger partial charge in [0.2, 0.25) is 0 Å². The molecule has 4 heteroatoms. The molecule has 25 heavy (non-hydrogen) atoms. The molecule has 130 valence electrons. The molecule has 1 heterocycles. The first kappa shape index (κ1) is 17.6. The molecule has 0 bridgehead atoms. The quantitative estimate of drug-likeness (QED) is 0.747. The minimum Gasteiger partial charge on any atom is -0.511 e. The summed E-state index contributed by atoms with van der Waals surface area (Å²) in [5.41, 5.74) is 3.06. The van der Waals surface area contributed by atoms with Gasteiger partial charge in [0.25, 0.3) is 0 Å². The molecule has 1 aliphatic heterocycles. The van der Waals surface area contributed by atoms with Gasteiger partial charge in [0.05, 0.1) is 5.41 Å². The second-order valence-corrected chi connectivity index (χ2v) is 7.30. The van der Waals surface area contributed by atoms with Crippen LogP contribution in [0.2, 0.25) is 5.02 Å². The largest absolute Gasteiger partial charge is 0.511 e. The Labute approximate surface area is 152 Å². The monoisotopic (exact) mass is 356 g/mol. The van der Waals surface area contributed by atoms with E-state index in [1.807, 2.05) is 63.2 Å². The van der Waals surface area contributed by atoms with Crippen LogP contribution in [0.3, 0.4) is 0 Å². The number of ether oxygens (including phenoxy) is 1. The number of hydrogen-bond donors (Lipinski definition) is 1. The normalized spacial score (nSPS) is 16.7. The van der Waals surface area contributed by atoms with E-state index in [4.69, 9.17) is 16.3 Å². The van der Waals surface area contributed by atoms with Crippen LogP contribution in [0.5, 0.6) is 0 Å². The first-order chi connectivity index (χ1) is 11.8. The Kier molecular flexibility index (Phi) is 4.61. The van der Waals surface area contributed by atoms with Crippen LogP contribution in [0.25, 0.3) is 16.7 Å². The van der Waals surface area contributed by atoms with Gasteiger partial charge in [-0.05, 0) is 43.0 Å². The number of benzene rings is 2. The highest BCUT2D eigenvalue weighted by Gasteiger charge is 2.38. The molecule has 3 rings (SSSR count). The number of aryl methyl sites for hydroxylation is 1. The van der Waals surface area contributed by atoms with Crippen molar-refractivity contribution in [2.45, 2.75) is 27.2 Å². The molecular weight excluding hydrogens is 336 g/mol. The molecule has 0 amide bonds. The zero-order valence-corrected chi connectivity index (χ0v) is 15.4. The van der Waals surface area contributed by atoms with Crippen molar-refractivity contribution in [3.63, 3.8) is 0 Å². The predicted molar refractivity (Wildman–Crippen MR) is 101 cm³/mol. The third-order valence-corrected chi connectivity index (χ3v) is 4.85. The lowest BCUT2D eigenvalue weighted by atomic mass is 9.83. The first-order valence-electron chi connectivity index (χ1n) is 8.34. The molecule has 0 aromatic heterocycles. The Morgan fingerprint density at radius 2 is 1.84 bits per heavy atom. The standard InChI is InChI=1S/C21H21ClO3/c1-4-13-10-15(14-8-6-5-7-9-14)11-16(22)17(13)18-19(23)21(2,3)12-25-20(18)24/h5-11,23H,4,12H2,1-3H3. The van der Waals surface area contributed by atoms with Crippen LogP contribution in [0.1, 0.15) is 31.9 Å². The Morgan fingerprint density at radius 3 is 2.48 bits per heavy atom. The maximum atomic E-state index is 12.4. The second-order valence-electron chi connectivity index (χ2n) is 6.90. The lowest BCUT2D eigenvalue weighted by Crippen LogP contribution is -2.32. The Hall–Kier alpha value is -2.26. The molecule has 0 radical (unpaired) electrons. The number of carbonyl (C=O) groups is 1. The van der Waals surface area contributed by atoms with Crippen LogP contribution in [0, 0.1) is 5.41 Å². The minimum absolute atomic E-state index is 0.0350. The van der Waals surface area contributed by atoms with E-state index in [2.05, 4.69) is 0 Å². The van der Waals surface area contributed by atoms with Crippen molar-refractivity contribution < 1.29 is 14.6 Å². The van der Waals surface area contributed by atoms with Crippen molar-refractivity contribution in [3.05, 3.63) is 64.4 Å². The zero-order valence-electron chi connectivity index (χ0n) is 14.6. The third kappa shape index (κ3) is 3.16. The maximum absolute atomic E-state index is 12.4. The first-order valence-corrected chi connectivity index (χ1v) is 8.72. The molecule has 2 aromatic carbocycles. The molecule has 2 aromatic rings. The minimum atomic E-state index is -0.629. The molecule has 0 fully saturated rings. The summed E-state index contributed by atoms with van der Waals surface area (Å²) in [6.45, 7) is 5.84. The SMILES string of the molecule is CCc1cc(-c2ccccc2)cc(Cl)c1C1=C(O)C(C)(C)COC1=O. The summed E-state index contributed by atoms with van der Waals surface area (Å²) in [5, 5.41) is 11.1. The number of aliphatic hydroxyl groups is 1. The molecule has 0 aliphatic carbocycles. The summed E-state index contributed by atoms with van der Waals surface area (Å²) in [5.74, 6) is -0.492. The number of cyclic esters (lactones) is 1. The number of esters is 1. The van der Waals surface area contributed by atoms with Gasteiger partial charge >= 0.3 is 5.97 Å². The fraction of sp³-hybridized carbons (Fsp3) is 0.286. The van der Waals surface area contributed by atoms with E-state index < -0.39 is 11.4 Å². The van der Waals surface area contributed by atoms with Crippen molar-refractivity contribution >= 4 is 23.1 Å². The molecule has 0 saturated heterocycles. The van der Waals surface area contributed by atoms with E-state index in [1.54, 1.807) is 0 Å². The van der Waals surface area contributed by atoms with Gasteiger partial charge in [0.1, 0.15) is 17.9 Å². The fourth-order valence-electron chi connectivity index (χ4n) is 3.06. The van der Waals surface area contributed by atoms with Gasteiger partial charge in [-0.15, -0.1) is 0 Å². The molecule has 0 spiro atoms. The van der Waals surface area contributed by atoms with Gasteiger partial charge in [-0.1, -0.05) is 54.9 Å². The van der Waals surface area contributed by atoms with E-state index in [0.717, 1.165) is 16.7 Å². The van der Waals surface area contributed by atoms with Crippen LogP contribution in [0.4, 0.5) is 0 Å². The van der Waals surface area contributed by atoms with E-state index in [1.165, 1.54) is 0 Å². The van der Waals surface area contributed by atoms with Crippen LogP contribution in [-0.4, -0.2) is 17.7 Å². The van der Waals surface area contributed by atoms with Gasteiger partial charge in [-0.2, -0.15) is 0 Å². The molecule has 0 unspecified atom stereocenters. The number of rotatable bonds is 3. The predicted octanol–water partition coefficient (Wildman–Crippen LogP) is 5.42. The summed E-state index contributed by atoms with van der Waals surface area (Å²) < 4.78 is 5.28. The topological polar surface area (TPSA) is 46.5 Å². The fourth-order valence-corrected chi connectivity index (χ4v) is 3.40. The molecule has 0 saturated carbocycles. The number of aliphatic hydroxyl groups excluding tert-OH is 1. The highest BCUT2D eigenvalue weighted by molar-refractivity contribution is 6.35. The number of halogens is 1. The average Bonchev–Trinajstić information content (AvgIpc) is 2.60. The van der Waals surface area contributed by atoms with E-state index in [0.29, 0.717) is 17.0 Å². The van der Waals surface area contributed by atoms with E-state index in [-0.39, 0.29) is 17.9 Å². The molecule has 1 aliphatic rings. The Bertz CT molecular complexity index is 851. The summed E-state index contributed by atoms with van der Waals surface area (Å²) in [6.07, 6.45) is 0.681. The molecular formula is C21H21ClO3. The zero-order chi connectivity index (χ0) is 18.2. The maximum Gasteiger partial charge on any atom is 0.342 e. The van der Waals surface area contributed by atoms with Crippen molar-refractivity contribution in [2.75, 3.05) is 6.61 Å². The average molecular weight is 357 g/mol. The van der Waals surface area contributed by atoms with E-state index in [9.17, 15) is 9.90 Å². The molecule has 1 N–H and O–H groups in total. The Balaban J connectivity index is 2.22. The molecule has 0 atom stereocenters. The smallest absolute Gasteiger partial charge is 0.342 e. The summed E-state index contributed by atoms with van der Waals surface area (Å²) in [4.78, 5) is 12.4. The summed E-state index contributed by atoms with van der Waals surface area (Å²) in [7, 11) is 0. The van der Waals surface area contributed by atoms with Crippen molar-refractivity contribution in [1.29, 1.82) is 0 Å². The molecule has 3 nitrogen and oxygen atoms in total. The lowest BCUT2D eigenvalue weighted by Gasteiger charge is -2.31. The Morgan fingerprint density at radius 1 is 1.16 bits per heavy atom. The highest BCUT2D eigenvalue weighted by atomic mass is 35.5.